The molecule has 9 nitrogen and oxygen atoms in total. The lowest BCUT2D eigenvalue weighted by Crippen LogP contribution is -2.38. The van der Waals surface area contributed by atoms with E-state index in [1.807, 2.05) is 20.8 Å². The smallest absolute Gasteiger partial charge is 0.416 e. The Bertz CT molecular complexity index is 1420. The third-order valence-electron chi connectivity index (χ3n) is 6.62. The van der Waals surface area contributed by atoms with Gasteiger partial charge in [0.15, 0.2) is 5.13 Å². The van der Waals surface area contributed by atoms with E-state index in [1.165, 1.54) is 35.7 Å². The van der Waals surface area contributed by atoms with Gasteiger partial charge in [-0.1, -0.05) is 24.3 Å². The fraction of sp³-hybridized carbons (Fsp3) is 0.357. The molecule has 7 N–H and O–H groups in total. The number of rotatable bonds is 11. The van der Waals surface area contributed by atoms with E-state index < -0.39 is 17.6 Å². The number of carbonyl (C=O) groups is 1. The van der Waals surface area contributed by atoms with Crippen molar-refractivity contribution in [2.75, 3.05) is 29.8 Å². The van der Waals surface area contributed by atoms with Gasteiger partial charge >= 0.3 is 6.18 Å². The van der Waals surface area contributed by atoms with Gasteiger partial charge in [0.05, 0.1) is 34.6 Å². The Kier molecular flexibility index (Phi) is 9.89. The summed E-state index contributed by atoms with van der Waals surface area (Å²) in [4.78, 5) is 18.2. The van der Waals surface area contributed by atoms with E-state index in [0.717, 1.165) is 24.1 Å². The SMILES string of the molecule is CCC(C)(C)NCc1cc(C(F)(F)F)cc(NC(=O)c2ccc(C)c(N(N)/C=C(\N)c3cnc(NC)s3)c2)c1OC. The first kappa shape index (κ1) is 31.7. The monoisotopic (exact) mass is 591 g/mol. The molecule has 0 bridgehead atoms. The number of amides is 1. The lowest BCUT2D eigenvalue weighted by Gasteiger charge is -2.26. The molecule has 0 aliphatic heterocycles. The van der Waals surface area contributed by atoms with Crippen LogP contribution in [-0.2, 0) is 12.7 Å². The highest BCUT2D eigenvalue weighted by Crippen LogP contribution is 2.38. The third-order valence-corrected chi connectivity index (χ3v) is 7.68. The summed E-state index contributed by atoms with van der Waals surface area (Å²) < 4.78 is 46.9. The van der Waals surface area contributed by atoms with E-state index in [4.69, 9.17) is 16.3 Å². The molecule has 1 heterocycles. The van der Waals surface area contributed by atoms with Gasteiger partial charge in [-0.25, -0.2) is 10.8 Å². The summed E-state index contributed by atoms with van der Waals surface area (Å²) in [5.74, 6) is 5.77. The molecule has 41 heavy (non-hydrogen) atoms. The van der Waals surface area contributed by atoms with Crippen molar-refractivity contribution in [2.24, 2.45) is 11.6 Å². The van der Waals surface area contributed by atoms with E-state index in [9.17, 15) is 18.0 Å². The van der Waals surface area contributed by atoms with E-state index in [0.29, 0.717) is 21.4 Å². The molecule has 0 saturated heterocycles. The van der Waals surface area contributed by atoms with Crippen molar-refractivity contribution in [3.8, 4) is 5.75 Å². The van der Waals surface area contributed by atoms with Gasteiger partial charge in [0, 0.05) is 42.7 Å². The number of ether oxygens (including phenoxy) is 1. The van der Waals surface area contributed by atoms with Crippen LogP contribution in [0, 0.1) is 6.92 Å². The van der Waals surface area contributed by atoms with Crippen molar-refractivity contribution in [1.29, 1.82) is 0 Å². The normalized spacial score (nSPS) is 12.3. The second kappa shape index (κ2) is 12.8. The number of anilines is 3. The fourth-order valence-electron chi connectivity index (χ4n) is 3.81. The van der Waals surface area contributed by atoms with Crippen LogP contribution >= 0.6 is 11.3 Å². The molecular weight excluding hydrogens is 555 g/mol. The minimum atomic E-state index is -4.63. The quantitative estimate of drug-likeness (QED) is 0.142. The lowest BCUT2D eigenvalue weighted by atomic mass is 10.0. The summed E-state index contributed by atoms with van der Waals surface area (Å²) in [5.41, 5.74) is 6.91. The predicted octanol–water partition coefficient (Wildman–Crippen LogP) is 5.69. The summed E-state index contributed by atoms with van der Waals surface area (Å²) in [6.45, 7) is 7.79. The van der Waals surface area contributed by atoms with E-state index in [-0.39, 0.29) is 34.6 Å². The number of thiazole rings is 1. The van der Waals surface area contributed by atoms with Crippen molar-refractivity contribution in [3.05, 3.63) is 69.9 Å². The minimum Gasteiger partial charge on any atom is -0.494 e. The number of nitrogens with zero attached hydrogens (tertiary/aromatic N) is 2. The van der Waals surface area contributed by atoms with Crippen molar-refractivity contribution in [3.63, 3.8) is 0 Å². The molecule has 0 fully saturated rings. The Labute approximate surface area is 241 Å². The molecule has 3 rings (SSSR count). The Hall–Kier alpha value is -3.81. The van der Waals surface area contributed by atoms with Gasteiger partial charge in [0.25, 0.3) is 5.91 Å². The van der Waals surface area contributed by atoms with E-state index in [2.05, 4.69) is 20.9 Å². The molecule has 3 aromatic rings. The Morgan fingerprint density at radius 3 is 2.51 bits per heavy atom. The first-order valence-corrected chi connectivity index (χ1v) is 13.6. The molecule has 0 radical (unpaired) electrons. The molecule has 2 aromatic carbocycles. The molecule has 0 saturated carbocycles. The Morgan fingerprint density at radius 2 is 1.93 bits per heavy atom. The fourth-order valence-corrected chi connectivity index (χ4v) is 4.50. The van der Waals surface area contributed by atoms with Crippen LogP contribution in [0.3, 0.4) is 0 Å². The first-order valence-electron chi connectivity index (χ1n) is 12.8. The number of hydrogen-bond donors (Lipinski definition) is 5. The van der Waals surface area contributed by atoms with Crippen LogP contribution in [0.4, 0.5) is 29.7 Å². The first-order chi connectivity index (χ1) is 19.2. The highest BCUT2D eigenvalue weighted by atomic mass is 32.1. The number of aromatic nitrogens is 1. The lowest BCUT2D eigenvalue weighted by molar-refractivity contribution is -0.137. The summed E-state index contributed by atoms with van der Waals surface area (Å²) in [5, 5.41) is 10.8. The number of nitrogens with one attached hydrogen (secondary N) is 3. The molecule has 0 aliphatic rings. The number of methoxy groups -OCH3 is 1. The van der Waals surface area contributed by atoms with Crippen LogP contribution in [0.2, 0.25) is 0 Å². The molecule has 1 aromatic heterocycles. The third kappa shape index (κ3) is 7.90. The maximum Gasteiger partial charge on any atom is 0.416 e. The van der Waals surface area contributed by atoms with Crippen molar-refractivity contribution < 1.29 is 22.7 Å². The molecule has 222 valence electrons. The zero-order chi connectivity index (χ0) is 30.5. The number of carbonyl (C=O) groups excluding carboxylic acids is 1. The van der Waals surface area contributed by atoms with Crippen molar-refractivity contribution in [1.82, 2.24) is 10.3 Å². The van der Waals surface area contributed by atoms with Crippen LogP contribution in [0.25, 0.3) is 5.70 Å². The summed E-state index contributed by atoms with van der Waals surface area (Å²) >= 11 is 1.35. The van der Waals surface area contributed by atoms with Crippen molar-refractivity contribution >= 4 is 39.4 Å². The number of benzene rings is 2. The zero-order valence-electron chi connectivity index (χ0n) is 23.9. The number of alkyl halides is 3. The Morgan fingerprint density at radius 1 is 1.22 bits per heavy atom. The molecule has 0 spiro atoms. The van der Waals surface area contributed by atoms with Gasteiger partial charge < -0.3 is 26.4 Å². The Balaban J connectivity index is 1.94. The maximum atomic E-state index is 13.8. The standard InChI is InChI=1S/C28H36F3N7O2S/c1-7-27(3,4)36-13-18-10-19(28(29,30)31)12-21(24(18)40-6)37-25(39)17-9-8-16(2)22(11-17)38(33)15-20(32)23-14-35-26(34-5)41-23/h8-12,14-15,36H,7,13,32-33H2,1-6H3,(H,34,35)(H,37,39)/b20-15-. The maximum absolute atomic E-state index is 13.8. The van der Waals surface area contributed by atoms with Crippen LogP contribution < -0.4 is 37.3 Å². The predicted molar refractivity (Wildman–Crippen MR) is 159 cm³/mol. The van der Waals surface area contributed by atoms with Gasteiger partial charge in [-0.15, -0.1) is 0 Å². The number of nitrogens with two attached hydrogens (primary N) is 2. The molecule has 1 amide bonds. The van der Waals surface area contributed by atoms with Gasteiger partial charge in [-0.3, -0.25) is 9.80 Å². The largest absolute Gasteiger partial charge is 0.494 e. The highest BCUT2D eigenvalue weighted by Gasteiger charge is 2.33. The number of halogens is 3. The number of hydrogen-bond acceptors (Lipinski definition) is 9. The topological polar surface area (TPSA) is 131 Å². The molecule has 0 unspecified atom stereocenters. The van der Waals surface area contributed by atoms with Crippen molar-refractivity contribution in [2.45, 2.75) is 52.4 Å². The van der Waals surface area contributed by atoms with Gasteiger partial charge in [-0.05, 0) is 57.0 Å². The molecule has 0 aliphatic carbocycles. The van der Waals surface area contributed by atoms with Gasteiger partial charge in [-0.2, -0.15) is 13.2 Å². The minimum absolute atomic E-state index is 0.0974. The van der Waals surface area contributed by atoms with E-state index in [1.54, 1.807) is 32.3 Å². The zero-order valence-corrected chi connectivity index (χ0v) is 24.7. The van der Waals surface area contributed by atoms with Gasteiger partial charge in [0.1, 0.15) is 5.75 Å². The van der Waals surface area contributed by atoms with Gasteiger partial charge in [0.2, 0.25) is 0 Å². The number of hydrazine groups is 1. The average Bonchev–Trinajstić information content (AvgIpc) is 3.41. The summed E-state index contributed by atoms with van der Waals surface area (Å²) in [6, 6.07) is 6.68. The van der Waals surface area contributed by atoms with Crippen LogP contribution in [0.5, 0.6) is 5.75 Å². The van der Waals surface area contributed by atoms with Crippen LogP contribution in [-0.4, -0.2) is 30.6 Å². The molecular formula is C28H36F3N7O2S. The summed E-state index contributed by atoms with van der Waals surface area (Å²) in [7, 11) is 3.10. The van der Waals surface area contributed by atoms with Crippen LogP contribution in [0.1, 0.15) is 59.1 Å². The molecule has 0 atom stereocenters. The molecule has 13 heteroatoms. The summed E-state index contributed by atoms with van der Waals surface area (Å²) in [6.07, 6.45) is -0.754. The second-order valence-corrected chi connectivity index (χ2v) is 11.1. The van der Waals surface area contributed by atoms with Crippen LogP contribution in [0.15, 0.2) is 42.7 Å². The highest BCUT2D eigenvalue weighted by molar-refractivity contribution is 7.16. The van der Waals surface area contributed by atoms with E-state index >= 15 is 0 Å². The number of aryl methyl sites for hydroxylation is 1. The second-order valence-electron chi connectivity index (χ2n) is 10.0. The average molecular weight is 592 g/mol.